The Kier molecular flexibility index (Phi) is 5.38. The summed E-state index contributed by atoms with van der Waals surface area (Å²) in [6.07, 6.45) is 1.48. The highest BCUT2D eigenvalue weighted by Gasteiger charge is 2.17. The van der Waals surface area contributed by atoms with Crippen LogP contribution in [0.5, 0.6) is 0 Å². The third-order valence-electron chi connectivity index (χ3n) is 1.69. The predicted octanol–water partition coefficient (Wildman–Crippen LogP) is 3.19. The fourth-order valence-electron chi connectivity index (χ4n) is 1.52. The maximum Gasteiger partial charge on any atom is 0.307 e. The minimum absolute atomic E-state index is 0.0406. The Morgan fingerprint density at radius 1 is 1.46 bits per heavy atom. The first-order valence-electron chi connectivity index (χ1n) is 4.57. The van der Waals surface area contributed by atoms with Crippen molar-refractivity contribution < 1.29 is 9.53 Å². The summed E-state index contributed by atoms with van der Waals surface area (Å²) in [4.78, 5) is 11.0. The molecular weight excluding hydrogens is 188 g/mol. The minimum Gasteiger partial charge on any atom is -0.449 e. The lowest BCUT2D eigenvalue weighted by molar-refractivity contribution is -0.142. The van der Waals surface area contributed by atoms with Crippen molar-refractivity contribution in [3.8, 4) is 0 Å². The second-order valence-corrected chi connectivity index (χ2v) is 4.92. The number of rotatable bonds is 4. The molecule has 2 nitrogen and oxygen atoms in total. The maximum atomic E-state index is 11.0. The van der Waals surface area contributed by atoms with Gasteiger partial charge in [0.05, 0.1) is 0 Å². The smallest absolute Gasteiger partial charge is 0.307 e. The van der Waals surface area contributed by atoms with Crippen LogP contribution in [0.4, 0.5) is 0 Å². The Morgan fingerprint density at radius 3 is 2.38 bits per heavy atom. The highest BCUT2D eigenvalue weighted by Crippen LogP contribution is 2.25. The summed E-state index contributed by atoms with van der Waals surface area (Å²) in [6.45, 7) is 8.55. The molecule has 0 aromatic heterocycles. The summed E-state index contributed by atoms with van der Waals surface area (Å²) >= 11 is 5.27. The summed E-state index contributed by atoms with van der Waals surface area (Å²) in [6, 6.07) is -0.0406. The number of hydrogen-bond donors (Lipinski definition) is 0. The number of alkyl halides is 1. The lowest BCUT2D eigenvalue weighted by Crippen LogP contribution is -2.15. The van der Waals surface area contributed by atoms with E-state index in [1.807, 2.05) is 0 Å². The SMILES string of the molecule is CC(CC(=O)OCCl)CC(C)(C)C. The van der Waals surface area contributed by atoms with E-state index in [9.17, 15) is 4.79 Å². The second kappa shape index (κ2) is 5.48. The Balaban J connectivity index is 3.74. The highest BCUT2D eigenvalue weighted by molar-refractivity contribution is 6.17. The van der Waals surface area contributed by atoms with Crippen LogP contribution in [0.25, 0.3) is 0 Å². The molecule has 0 bridgehead atoms. The van der Waals surface area contributed by atoms with E-state index in [4.69, 9.17) is 11.6 Å². The van der Waals surface area contributed by atoms with Crippen molar-refractivity contribution >= 4 is 17.6 Å². The molecule has 0 radical (unpaired) electrons. The molecule has 0 fully saturated rings. The van der Waals surface area contributed by atoms with Crippen LogP contribution in [-0.2, 0) is 9.53 Å². The molecule has 3 heteroatoms. The average Bonchev–Trinajstić information content (AvgIpc) is 1.81. The molecule has 0 aliphatic rings. The van der Waals surface area contributed by atoms with Crippen LogP contribution in [0.15, 0.2) is 0 Å². The number of esters is 1. The van der Waals surface area contributed by atoms with E-state index in [1.54, 1.807) is 0 Å². The Morgan fingerprint density at radius 2 is 2.00 bits per heavy atom. The van der Waals surface area contributed by atoms with Gasteiger partial charge in [-0.1, -0.05) is 39.3 Å². The molecule has 0 amide bonds. The molecule has 0 aromatic rings. The summed E-state index contributed by atoms with van der Waals surface area (Å²) in [5, 5.41) is 0. The van der Waals surface area contributed by atoms with Crippen molar-refractivity contribution in [1.29, 1.82) is 0 Å². The first-order valence-corrected chi connectivity index (χ1v) is 5.10. The van der Waals surface area contributed by atoms with Crippen LogP contribution in [0.3, 0.4) is 0 Å². The van der Waals surface area contributed by atoms with Gasteiger partial charge in [-0.15, -0.1) is 0 Å². The van der Waals surface area contributed by atoms with E-state index in [0.717, 1.165) is 6.42 Å². The monoisotopic (exact) mass is 206 g/mol. The van der Waals surface area contributed by atoms with E-state index in [0.29, 0.717) is 12.3 Å². The van der Waals surface area contributed by atoms with Gasteiger partial charge in [0.2, 0.25) is 0 Å². The van der Waals surface area contributed by atoms with Crippen LogP contribution in [0, 0.1) is 11.3 Å². The van der Waals surface area contributed by atoms with Crippen molar-refractivity contribution in [2.75, 3.05) is 6.07 Å². The van der Waals surface area contributed by atoms with Gasteiger partial charge in [-0.3, -0.25) is 4.79 Å². The van der Waals surface area contributed by atoms with E-state index in [1.165, 1.54) is 0 Å². The van der Waals surface area contributed by atoms with Crippen molar-refractivity contribution in [1.82, 2.24) is 0 Å². The van der Waals surface area contributed by atoms with Crippen molar-refractivity contribution in [2.45, 2.75) is 40.5 Å². The fourth-order valence-corrected chi connectivity index (χ4v) is 1.64. The molecule has 0 heterocycles. The lowest BCUT2D eigenvalue weighted by atomic mass is 9.84. The number of carbonyl (C=O) groups is 1. The van der Waals surface area contributed by atoms with E-state index in [-0.39, 0.29) is 17.5 Å². The first kappa shape index (κ1) is 12.8. The molecule has 0 rings (SSSR count). The normalized spacial score (nSPS) is 13.9. The van der Waals surface area contributed by atoms with Gasteiger partial charge in [0, 0.05) is 6.42 Å². The van der Waals surface area contributed by atoms with Gasteiger partial charge < -0.3 is 4.74 Å². The van der Waals surface area contributed by atoms with Gasteiger partial charge in [0.15, 0.2) is 6.07 Å². The van der Waals surface area contributed by atoms with Crippen LogP contribution in [0.2, 0.25) is 0 Å². The zero-order chi connectivity index (χ0) is 10.5. The van der Waals surface area contributed by atoms with Gasteiger partial charge in [-0.25, -0.2) is 0 Å². The van der Waals surface area contributed by atoms with Crippen LogP contribution >= 0.6 is 11.6 Å². The summed E-state index contributed by atoms with van der Waals surface area (Å²) in [7, 11) is 0. The van der Waals surface area contributed by atoms with Crippen LogP contribution in [0.1, 0.15) is 40.5 Å². The average molecular weight is 207 g/mol. The van der Waals surface area contributed by atoms with Crippen LogP contribution in [-0.4, -0.2) is 12.0 Å². The molecule has 0 N–H and O–H groups in total. The van der Waals surface area contributed by atoms with Crippen molar-refractivity contribution in [2.24, 2.45) is 11.3 Å². The Bertz CT molecular complexity index is 161. The molecular formula is C10H19ClO2. The van der Waals surface area contributed by atoms with Gasteiger partial charge in [-0.2, -0.15) is 0 Å². The number of halogens is 1. The van der Waals surface area contributed by atoms with E-state index >= 15 is 0 Å². The molecule has 0 aliphatic carbocycles. The van der Waals surface area contributed by atoms with Gasteiger partial charge in [0.25, 0.3) is 0 Å². The largest absolute Gasteiger partial charge is 0.449 e. The van der Waals surface area contributed by atoms with Gasteiger partial charge in [0.1, 0.15) is 0 Å². The zero-order valence-electron chi connectivity index (χ0n) is 8.89. The minimum atomic E-state index is -0.202. The quantitative estimate of drug-likeness (QED) is 0.522. The molecule has 0 saturated carbocycles. The fraction of sp³-hybridized carbons (Fsp3) is 0.900. The molecule has 78 valence electrons. The molecule has 1 atom stereocenters. The maximum absolute atomic E-state index is 11.0. The summed E-state index contributed by atoms with van der Waals surface area (Å²) in [5.74, 6) is 0.155. The third kappa shape index (κ3) is 8.10. The molecule has 13 heavy (non-hydrogen) atoms. The number of carbonyl (C=O) groups excluding carboxylic acids is 1. The number of ether oxygens (including phenoxy) is 1. The molecule has 1 unspecified atom stereocenters. The molecule has 0 aromatic carbocycles. The van der Waals surface area contributed by atoms with Crippen LogP contribution < -0.4 is 0 Å². The van der Waals surface area contributed by atoms with Gasteiger partial charge in [-0.05, 0) is 17.8 Å². The van der Waals surface area contributed by atoms with Crippen molar-refractivity contribution in [3.63, 3.8) is 0 Å². The topological polar surface area (TPSA) is 26.3 Å². The van der Waals surface area contributed by atoms with Crippen molar-refractivity contribution in [3.05, 3.63) is 0 Å². The first-order chi connectivity index (χ1) is 5.85. The Hall–Kier alpha value is -0.240. The highest BCUT2D eigenvalue weighted by atomic mass is 35.5. The summed E-state index contributed by atoms with van der Waals surface area (Å²) in [5.41, 5.74) is 0.265. The molecule has 0 spiro atoms. The lowest BCUT2D eigenvalue weighted by Gasteiger charge is -2.22. The van der Waals surface area contributed by atoms with E-state index in [2.05, 4.69) is 32.4 Å². The molecule has 0 saturated heterocycles. The zero-order valence-corrected chi connectivity index (χ0v) is 9.65. The molecule has 0 aliphatic heterocycles. The number of hydrogen-bond acceptors (Lipinski definition) is 2. The van der Waals surface area contributed by atoms with Gasteiger partial charge >= 0.3 is 5.97 Å². The second-order valence-electron chi connectivity index (χ2n) is 4.70. The standard InChI is InChI=1S/C10H19ClO2/c1-8(6-10(2,3)4)5-9(12)13-7-11/h8H,5-7H2,1-4H3. The predicted molar refractivity (Wildman–Crippen MR) is 54.7 cm³/mol. The van der Waals surface area contributed by atoms with E-state index < -0.39 is 0 Å². The summed E-state index contributed by atoms with van der Waals surface area (Å²) < 4.78 is 4.65. The third-order valence-corrected chi connectivity index (χ3v) is 1.80. The Labute approximate surface area is 85.6 Å².